The zero-order chi connectivity index (χ0) is 21.7. The first kappa shape index (κ1) is 22.7. The molecular formula is C23H24INO4S. The van der Waals surface area contributed by atoms with Crippen LogP contribution >= 0.6 is 22.6 Å². The van der Waals surface area contributed by atoms with Gasteiger partial charge in [-0.2, -0.15) is 4.31 Å². The van der Waals surface area contributed by atoms with Gasteiger partial charge in [0.2, 0.25) is 10.0 Å². The molecule has 0 radical (unpaired) electrons. The summed E-state index contributed by atoms with van der Waals surface area (Å²) in [7, 11) is -3.58. The smallest absolute Gasteiger partial charge is 0.343 e. The zero-order valence-corrected chi connectivity index (χ0v) is 19.9. The number of hydrogen-bond donors (Lipinski definition) is 0. The Morgan fingerprint density at radius 2 is 1.50 bits per heavy atom. The molecule has 0 fully saturated rings. The van der Waals surface area contributed by atoms with Crippen LogP contribution in [0.5, 0.6) is 5.75 Å². The molecule has 0 spiro atoms. The second-order valence-electron chi connectivity index (χ2n) is 6.91. The Kier molecular flexibility index (Phi) is 7.49. The van der Waals surface area contributed by atoms with E-state index in [9.17, 15) is 13.2 Å². The maximum atomic E-state index is 12.9. The minimum absolute atomic E-state index is 0.181. The van der Waals surface area contributed by atoms with Crippen LogP contribution in [-0.2, 0) is 10.0 Å². The number of benzene rings is 3. The molecule has 0 saturated heterocycles. The number of hydrogen-bond acceptors (Lipinski definition) is 4. The number of fused-ring (bicyclic) bond motifs is 1. The fourth-order valence-electron chi connectivity index (χ4n) is 3.25. The van der Waals surface area contributed by atoms with Gasteiger partial charge in [0.1, 0.15) is 5.75 Å². The van der Waals surface area contributed by atoms with Crippen LogP contribution in [-0.4, -0.2) is 31.8 Å². The molecule has 5 nitrogen and oxygen atoms in total. The lowest BCUT2D eigenvalue weighted by atomic mass is 10.1. The molecule has 30 heavy (non-hydrogen) atoms. The van der Waals surface area contributed by atoms with Gasteiger partial charge in [0.15, 0.2) is 0 Å². The Morgan fingerprint density at radius 3 is 2.13 bits per heavy atom. The number of halogens is 1. The highest BCUT2D eigenvalue weighted by molar-refractivity contribution is 14.1. The van der Waals surface area contributed by atoms with Crippen molar-refractivity contribution in [2.24, 2.45) is 0 Å². The average molecular weight is 537 g/mol. The number of ether oxygens (including phenoxy) is 1. The largest absolute Gasteiger partial charge is 0.422 e. The Balaban J connectivity index is 1.83. The summed E-state index contributed by atoms with van der Waals surface area (Å²) >= 11 is 2.25. The Hall–Kier alpha value is -1.97. The fraction of sp³-hybridized carbons (Fsp3) is 0.261. The lowest BCUT2D eigenvalue weighted by Crippen LogP contribution is -2.32. The molecule has 158 valence electrons. The van der Waals surface area contributed by atoms with Gasteiger partial charge in [-0.25, -0.2) is 13.2 Å². The van der Waals surface area contributed by atoms with E-state index in [0.29, 0.717) is 24.4 Å². The van der Waals surface area contributed by atoms with Gasteiger partial charge in [0, 0.05) is 22.0 Å². The molecule has 0 bridgehead atoms. The lowest BCUT2D eigenvalue weighted by molar-refractivity contribution is 0.0737. The van der Waals surface area contributed by atoms with Crippen molar-refractivity contribution in [2.45, 2.75) is 31.6 Å². The Bertz CT molecular complexity index is 1140. The van der Waals surface area contributed by atoms with Crippen LogP contribution in [0.4, 0.5) is 0 Å². The highest BCUT2D eigenvalue weighted by atomic mass is 127. The van der Waals surface area contributed by atoms with Gasteiger partial charge in [0.05, 0.1) is 10.5 Å². The summed E-state index contributed by atoms with van der Waals surface area (Å²) in [6.45, 7) is 4.84. The maximum Gasteiger partial charge on any atom is 0.343 e. The third kappa shape index (κ3) is 4.84. The van der Waals surface area contributed by atoms with Crippen molar-refractivity contribution in [2.75, 3.05) is 13.1 Å². The first-order valence-electron chi connectivity index (χ1n) is 9.88. The van der Waals surface area contributed by atoms with E-state index in [1.807, 2.05) is 44.2 Å². The van der Waals surface area contributed by atoms with Gasteiger partial charge in [-0.3, -0.25) is 0 Å². The van der Waals surface area contributed by atoms with Gasteiger partial charge in [-0.15, -0.1) is 0 Å². The van der Waals surface area contributed by atoms with Crippen molar-refractivity contribution in [3.05, 3.63) is 69.8 Å². The van der Waals surface area contributed by atoms with Crippen molar-refractivity contribution in [3.63, 3.8) is 0 Å². The second kappa shape index (κ2) is 9.89. The summed E-state index contributed by atoms with van der Waals surface area (Å²) in [6, 6.07) is 17.3. The third-order valence-electron chi connectivity index (χ3n) is 4.71. The lowest BCUT2D eigenvalue weighted by Gasteiger charge is -2.21. The first-order chi connectivity index (χ1) is 14.4. The predicted molar refractivity (Wildman–Crippen MR) is 127 cm³/mol. The van der Waals surface area contributed by atoms with Crippen LogP contribution in [0, 0.1) is 3.57 Å². The topological polar surface area (TPSA) is 63.7 Å². The molecule has 0 amide bonds. The molecule has 0 aliphatic heterocycles. The van der Waals surface area contributed by atoms with Crippen molar-refractivity contribution >= 4 is 49.4 Å². The van der Waals surface area contributed by atoms with E-state index in [2.05, 4.69) is 22.6 Å². The van der Waals surface area contributed by atoms with Crippen LogP contribution in [0.15, 0.2) is 65.6 Å². The quantitative estimate of drug-likeness (QED) is 0.217. The fourth-order valence-corrected chi connectivity index (χ4v) is 5.56. The number of esters is 1. The maximum absolute atomic E-state index is 12.9. The van der Waals surface area contributed by atoms with Crippen LogP contribution in [0.1, 0.15) is 37.0 Å². The summed E-state index contributed by atoms with van der Waals surface area (Å²) in [6.07, 6.45) is 1.49. The number of sulfonamides is 1. The van der Waals surface area contributed by atoms with Crippen molar-refractivity contribution in [1.29, 1.82) is 0 Å². The van der Waals surface area contributed by atoms with Crippen molar-refractivity contribution in [1.82, 2.24) is 4.31 Å². The van der Waals surface area contributed by atoms with E-state index >= 15 is 0 Å². The summed E-state index contributed by atoms with van der Waals surface area (Å²) in [5.74, 6) is -0.0472. The molecule has 0 aromatic heterocycles. The average Bonchev–Trinajstić information content (AvgIpc) is 2.74. The molecule has 0 unspecified atom stereocenters. The van der Waals surface area contributed by atoms with Crippen molar-refractivity contribution < 1.29 is 17.9 Å². The number of carbonyl (C=O) groups excluding carboxylic acids is 1. The number of carbonyl (C=O) groups is 1. The van der Waals surface area contributed by atoms with E-state index in [4.69, 9.17) is 4.74 Å². The minimum Gasteiger partial charge on any atom is -0.422 e. The molecule has 0 saturated carbocycles. The van der Waals surface area contributed by atoms with E-state index in [0.717, 1.165) is 27.2 Å². The van der Waals surface area contributed by atoms with Crippen LogP contribution in [0.25, 0.3) is 10.8 Å². The Morgan fingerprint density at radius 1 is 0.900 bits per heavy atom. The van der Waals surface area contributed by atoms with Crippen molar-refractivity contribution in [3.8, 4) is 5.75 Å². The van der Waals surface area contributed by atoms with Gasteiger partial charge in [-0.1, -0.05) is 38.1 Å². The highest BCUT2D eigenvalue weighted by Crippen LogP contribution is 2.29. The standard InChI is InChI=1S/C23H24INO4S/c1-3-15-25(16-4-2)30(27,28)18-13-11-17(12-14-18)23(26)29-22-10-6-7-19-20(22)8-5-9-21(19)24/h5-14H,3-4,15-16H2,1-2H3. The molecule has 3 aromatic carbocycles. The molecule has 3 rings (SSSR count). The molecule has 3 aromatic rings. The third-order valence-corrected chi connectivity index (χ3v) is 7.56. The van der Waals surface area contributed by atoms with Crippen LogP contribution < -0.4 is 4.74 Å². The van der Waals surface area contributed by atoms with E-state index in [1.54, 1.807) is 6.07 Å². The second-order valence-corrected chi connectivity index (χ2v) is 10.0. The minimum atomic E-state index is -3.58. The van der Waals surface area contributed by atoms with E-state index in [-0.39, 0.29) is 4.90 Å². The van der Waals surface area contributed by atoms with E-state index < -0.39 is 16.0 Å². The first-order valence-corrected chi connectivity index (χ1v) is 12.4. The summed E-state index contributed by atoms with van der Waals surface area (Å²) < 4.78 is 33.9. The Labute approximate surface area is 191 Å². The molecule has 0 atom stereocenters. The van der Waals surface area contributed by atoms with Crippen LogP contribution in [0.3, 0.4) is 0 Å². The SMILES string of the molecule is CCCN(CCC)S(=O)(=O)c1ccc(C(=O)Oc2cccc3c(I)cccc23)cc1. The number of rotatable bonds is 8. The van der Waals surface area contributed by atoms with Crippen LogP contribution in [0.2, 0.25) is 0 Å². The summed E-state index contributed by atoms with van der Waals surface area (Å²) in [4.78, 5) is 12.8. The number of nitrogens with zero attached hydrogens (tertiary/aromatic N) is 1. The summed E-state index contributed by atoms with van der Waals surface area (Å²) in [5.41, 5.74) is 0.300. The zero-order valence-electron chi connectivity index (χ0n) is 17.0. The van der Waals surface area contributed by atoms with E-state index in [1.165, 1.54) is 28.6 Å². The van der Waals surface area contributed by atoms with Gasteiger partial charge in [0.25, 0.3) is 0 Å². The van der Waals surface area contributed by atoms with Gasteiger partial charge in [-0.05, 0) is 77.2 Å². The molecule has 0 aliphatic carbocycles. The highest BCUT2D eigenvalue weighted by Gasteiger charge is 2.23. The molecule has 0 N–H and O–H groups in total. The molecule has 0 heterocycles. The molecule has 7 heteroatoms. The van der Waals surface area contributed by atoms with Gasteiger partial charge < -0.3 is 4.74 Å². The monoisotopic (exact) mass is 537 g/mol. The molecular weight excluding hydrogens is 513 g/mol. The molecule has 0 aliphatic rings. The van der Waals surface area contributed by atoms with Gasteiger partial charge >= 0.3 is 5.97 Å². The normalized spacial score (nSPS) is 11.7. The predicted octanol–water partition coefficient (Wildman–Crippen LogP) is 5.47. The summed E-state index contributed by atoms with van der Waals surface area (Å²) in [5, 5.41) is 1.86.